The summed E-state index contributed by atoms with van der Waals surface area (Å²) in [7, 11) is 0. The van der Waals surface area contributed by atoms with Crippen molar-refractivity contribution >= 4 is 5.82 Å². The van der Waals surface area contributed by atoms with E-state index in [1.54, 1.807) is 6.07 Å². The zero-order chi connectivity index (χ0) is 11.4. The number of nitrogens with zero attached hydrogens (tertiary/aromatic N) is 2. The zero-order valence-electron chi connectivity index (χ0n) is 8.94. The minimum atomic E-state index is 0.460. The molecule has 1 aromatic heterocycles. The molecule has 0 spiro atoms. The van der Waals surface area contributed by atoms with E-state index < -0.39 is 0 Å². The van der Waals surface area contributed by atoms with Gasteiger partial charge in [0.25, 0.3) is 0 Å². The molecule has 1 aromatic rings. The monoisotopic (exact) mass is 218 g/mol. The van der Waals surface area contributed by atoms with Gasteiger partial charge < -0.3 is 10.2 Å². The molecular weight excluding hydrogens is 204 g/mol. The van der Waals surface area contributed by atoms with E-state index in [-0.39, 0.29) is 0 Å². The van der Waals surface area contributed by atoms with Gasteiger partial charge in [0.15, 0.2) is 0 Å². The highest BCUT2D eigenvalue weighted by Gasteiger charge is 2.27. The number of nitrogens with one attached hydrogen (secondary N) is 1. The number of nitrogens with two attached hydrogens (primary N) is 1. The van der Waals surface area contributed by atoms with Gasteiger partial charge in [-0.2, -0.15) is 4.98 Å². The Hall–Kier alpha value is -1.80. The van der Waals surface area contributed by atoms with Gasteiger partial charge in [0.05, 0.1) is 0 Å². The van der Waals surface area contributed by atoms with Crippen LogP contribution in [0.15, 0.2) is 6.07 Å². The number of rotatable bonds is 5. The maximum absolute atomic E-state index is 5.42. The highest BCUT2D eigenvalue weighted by atomic mass is 16.5. The summed E-state index contributed by atoms with van der Waals surface area (Å²) >= 11 is 0. The Balaban J connectivity index is 2.10. The second-order valence-corrected chi connectivity index (χ2v) is 3.67. The molecule has 0 radical (unpaired) electrons. The van der Waals surface area contributed by atoms with Crippen molar-refractivity contribution in [2.24, 2.45) is 5.84 Å². The summed E-state index contributed by atoms with van der Waals surface area (Å²) in [4.78, 5) is 8.59. The van der Waals surface area contributed by atoms with Gasteiger partial charge >= 0.3 is 0 Å². The van der Waals surface area contributed by atoms with E-state index in [2.05, 4.69) is 21.3 Å². The lowest BCUT2D eigenvalue weighted by Crippen LogP contribution is -2.11. The van der Waals surface area contributed by atoms with Crippen LogP contribution in [-0.2, 0) is 0 Å². The first kappa shape index (κ1) is 10.7. The van der Waals surface area contributed by atoms with E-state index in [0.29, 0.717) is 30.6 Å². The van der Waals surface area contributed by atoms with Gasteiger partial charge in [0, 0.05) is 18.4 Å². The van der Waals surface area contributed by atoms with Gasteiger partial charge in [0.2, 0.25) is 5.88 Å². The predicted molar refractivity (Wildman–Crippen MR) is 60.8 cm³/mol. The molecule has 16 heavy (non-hydrogen) atoms. The van der Waals surface area contributed by atoms with Crippen LogP contribution in [0.3, 0.4) is 0 Å². The molecule has 0 atom stereocenters. The van der Waals surface area contributed by atoms with Gasteiger partial charge in [0.1, 0.15) is 18.2 Å². The molecule has 0 amide bonds. The fourth-order valence-corrected chi connectivity index (χ4v) is 1.33. The van der Waals surface area contributed by atoms with Crippen molar-refractivity contribution in [1.29, 1.82) is 0 Å². The van der Waals surface area contributed by atoms with Crippen LogP contribution in [0.5, 0.6) is 5.88 Å². The molecule has 1 heterocycles. The average molecular weight is 218 g/mol. The van der Waals surface area contributed by atoms with Crippen LogP contribution >= 0.6 is 0 Å². The maximum atomic E-state index is 5.42. The normalized spacial score (nSPS) is 14.2. The molecule has 0 aliphatic heterocycles. The van der Waals surface area contributed by atoms with E-state index in [4.69, 9.17) is 17.0 Å². The molecule has 1 fully saturated rings. The molecule has 1 saturated carbocycles. The number of terminal acetylenes is 1. The summed E-state index contributed by atoms with van der Waals surface area (Å²) < 4.78 is 5.42. The number of aromatic nitrogens is 2. The molecule has 84 valence electrons. The van der Waals surface area contributed by atoms with E-state index in [9.17, 15) is 0 Å². The number of ether oxygens (including phenoxy) is 1. The molecule has 3 N–H and O–H groups in total. The number of hydrogen-bond acceptors (Lipinski definition) is 5. The first-order chi connectivity index (χ1) is 7.83. The molecule has 0 unspecified atom stereocenters. The number of nitrogen functional groups attached to an aromatic ring is 1. The van der Waals surface area contributed by atoms with Crippen molar-refractivity contribution in [2.75, 3.05) is 12.0 Å². The lowest BCUT2D eigenvalue weighted by molar-refractivity contribution is 0.313. The van der Waals surface area contributed by atoms with Gasteiger partial charge in [-0.15, -0.1) is 12.3 Å². The highest BCUT2D eigenvalue weighted by Crippen LogP contribution is 2.38. The third-order valence-corrected chi connectivity index (χ3v) is 2.31. The second kappa shape index (κ2) is 4.81. The third kappa shape index (κ3) is 2.61. The third-order valence-electron chi connectivity index (χ3n) is 2.31. The van der Waals surface area contributed by atoms with Crippen molar-refractivity contribution < 1.29 is 4.74 Å². The van der Waals surface area contributed by atoms with Gasteiger partial charge in [-0.05, 0) is 12.8 Å². The van der Waals surface area contributed by atoms with Gasteiger partial charge in [-0.3, -0.25) is 0 Å². The molecule has 1 aliphatic rings. The molecule has 0 saturated heterocycles. The summed E-state index contributed by atoms with van der Waals surface area (Å²) in [5.41, 5.74) is 2.51. The Bertz CT molecular complexity index is 409. The predicted octanol–water partition coefficient (Wildman–Crippen LogP) is 1.04. The molecular formula is C11H14N4O. The molecule has 0 aromatic carbocycles. The Morgan fingerprint density at radius 1 is 1.56 bits per heavy atom. The second-order valence-electron chi connectivity index (χ2n) is 3.67. The fraction of sp³-hybridized carbons (Fsp3) is 0.455. The quantitative estimate of drug-likeness (QED) is 0.334. The minimum Gasteiger partial charge on any atom is -0.477 e. The average Bonchev–Trinajstić information content (AvgIpc) is 3.13. The van der Waals surface area contributed by atoms with Crippen LogP contribution < -0.4 is 16.0 Å². The van der Waals surface area contributed by atoms with Crippen LogP contribution in [0.1, 0.15) is 31.0 Å². The Morgan fingerprint density at radius 2 is 2.38 bits per heavy atom. The topological polar surface area (TPSA) is 73.1 Å². The van der Waals surface area contributed by atoms with Crippen LogP contribution in [0.25, 0.3) is 0 Å². The standard InChI is InChI=1S/C11H14N4O/c1-2-3-6-16-10-7-9(15-12)13-11(14-10)8-4-5-8/h1,7-8H,3-6,12H2,(H,13,14,15). The summed E-state index contributed by atoms with van der Waals surface area (Å²) in [6.07, 6.45) is 7.98. The van der Waals surface area contributed by atoms with Crippen LogP contribution in [0.4, 0.5) is 5.82 Å². The minimum absolute atomic E-state index is 0.460. The lowest BCUT2D eigenvalue weighted by atomic mass is 10.4. The molecule has 5 nitrogen and oxygen atoms in total. The molecule has 0 bridgehead atoms. The molecule has 2 rings (SSSR count). The van der Waals surface area contributed by atoms with E-state index in [1.165, 1.54) is 0 Å². The van der Waals surface area contributed by atoms with E-state index in [1.807, 2.05) is 0 Å². The van der Waals surface area contributed by atoms with Gasteiger partial charge in [-0.1, -0.05) is 0 Å². The van der Waals surface area contributed by atoms with E-state index in [0.717, 1.165) is 18.7 Å². The fourth-order valence-electron chi connectivity index (χ4n) is 1.33. The van der Waals surface area contributed by atoms with Crippen LogP contribution in [0.2, 0.25) is 0 Å². The lowest BCUT2D eigenvalue weighted by Gasteiger charge is -2.07. The van der Waals surface area contributed by atoms with Crippen molar-refractivity contribution in [2.45, 2.75) is 25.2 Å². The van der Waals surface area contributed by atoms with Crippen LogP contribution in [0, 0.1) is 12.3 Å². The highest BCUT2D eigenvalue weighted by molar-refractivity contribution is 5.38. The van der Waals surface area contributed by atoms with Crippen molar-refractivity contribution in [3.8, 4) is 18.2 Å². The number of anilines is 1. The zero-order valence-corrected chi connectivity index (χ0v) is 8.94. The number of hydrazine groups is 1. The molecule has 5 heteroatoms. The summed E-state index contributed by atoms with van der Waals surface area (Å²) in [5.74, 6) is 10.2. The molecule has 1 aliphatic carbocycles. The Morgan fingerprint density at radius 3 is 3.00 bits per heavy atom. The van der Waals surface area contributed by atoms with Crippen molar-refractivity contribution in [1.82, 2.24) is 9.97 Å². The van der Waals surface area contributed by atoms with Crippen LogP contribution in [-0.4, -0.2) is 16.6 Å². The van der Waals surface area contributed by atoms with Gasteiger partial charge in [-0.25, -0.2) is 10.8 Å². The number of hydrogen-bond donors (Lipinski definition) is 2. The Labute approximate surface area is 94.4 Å². The first-order valence-electron chi connectivity index (χ1n) is 5.25. The largest absolute Gasteiger partial charge is 0.477 e. The first-order valence-corrected chi connectivity index (χ1v) is 5.25. The van der Waals surface area contributed by atoms with E-state index >= 15 is 0 Å². The maximum Gasteiger partial charge on any atom is 0.218 e. The summed E-state index contributed by atoms with van der Waals surface area (Å²) in [6, 6.07) is 1.67. The van der Waals surface area contributed by atoms with Crippen molar-refractivity contribution in [3.05, 3.63) is 11.9 Å². The Kier molecular flexibility index (Phi) is 3.22. The smallest absolute Gasteiger partial charge is 0.218 e. The SMILES string of the molecule is C#CCCOc1cc(NN)nc(C2CC2)n1. The summed E-state index contributed by atoms with van der Waals surface area (Å²) in [6.45, 7) is 0.460. The summed E-state index contributed by atoms with van der Waals surface area (Å²) in [5, 5.41) is 0. The van der Waals surface area contributed by atoms with Crippen molar-refractivity contribution in [3.63, 3.8) is 0 Å².